The number of benzene rings is 2. The summed E-state index contributed by atoms with van der Waals surface area (Å²) in [5.74, 6) is 0.765. The highest BCUT2D eigenvalue weighted by Gasteiger charge is 2.05. The second kappa shape index (κ2) is 7.32. The van der Waals surface area contributed by atoms with Crippen LogP contribution in [0.1, 0.15) is 5.56 Å². The van der Waals surface area contributed by atoms with Gasteiger partial charge in [0, 0.05) is 17.4 Å². The lowest BCUT2D eigenvalue weighted by molar-refractivity contribution is 0.155. The molecule has 6 heteroatoms. The summed E-state index contributed by atoms with van der Waals surface area (Å²) in [4.78, 5) is 11.8. The van der Waals surface area contributed by atoms with Gasteiger partial charge in [-0.05, 0) is 35.4 Å². The molecule has 0 atom stereocenters. The molecule has 6 nitrogen and oxygen atoms in total. The number of amides is 1. The molecule has 3 aromatic rings. The fourth-order valence-corrected chi connectivity index (χ4v) is 2.18. The zero-order chi connectivity index (χ0) is 16.8. The molecule has 3 rings (SSSR count). The van der Waals surface area contributed by atoms with E-state index in [0.717, 1.165) is 22.4 Å². The first kappa shape index (κ1) is 15.6. The maximum absolute atomic E-state index is 11.8. The topological polar surface area (TPSA) is 76.2 Å². The average Bonchev–Trinajstić information content (AvgIpc) is 3.16. The zero-order valence-electron chi connectivity index (χ0n) is 13.2. The molecular formula is C18H17N3O3. The molecule has 1 aromatic heterocycles. The zero-order valence-corrected chi connectivity index (χ0v) is 13.2. The van der Waals surface area contributed by atoms with Gasteiger partial charge in [0.05, 0.1) is 13.3 Å². The average molecular weight is 323 g/mol. The molecule has 0 saturated heterocycles. The number of nitrogens with one attached hydrogen (secondary N) is 2. The molecule has 0 fully saturated rings. The summed E-state index contributed by atoms with van der Waals surface area (Å²) in [5.41, 5.74) is 3.56. The van der Waals surface area contributed by atoms with E-state index in [9.17, 15) is 4.79 Å². The molecule has 0 aliphatic heterocycles. The predicted molar refractivity (Wildman–Crippen MR) is 90.8 cm³/mol. The standard InChI is InChI=1S/C18H17N3O3/c1-23-17-8-2-13(3-9-17)12-24-18(22)21-16-6-4-14(5-7-16)15-10-19-20-11-15/h2-11H,12H2,1H3,(H,19,20)(H,21,22). The number of aromatic amines is 1. The van der Waals surface area contributed by atoms with Gasteiger partial charge in [-0.25, -0.2) is 4.79 Å². The molecule has 1 heterocycles. The van der Waals surface area contributed by atoms with Crippen molar-refractivity contribution in [2.24, 2.45) is 0 Å². The van der Waals surface area contributed by atoms with Crippen LogP contribution in [0.4, 0.5) is 10.5 Å². The Morgan fingerprint density at radius 2 is 1.83 bits per heavy atom. The minimum absolute atomic E-state index is 0.197. The summed E-state index contributed by atoms with van der Waals surface area (Å²) in [7, 11) is 1.61. The molecule has 24 heavy (non-hydrogen) atoms. The van der Waals surface area contributed by atoms with Crippen molar-refractivity contribution in [2.75, 3.05) is 12.4 Å². The van der Waals surface area contributed by atoms with Crippen LogP contribution >= 0.6 is 0 Å². The Hall–Kier alpha value is -3.28. The van der Waals surface area contributed by atoms with Gasteiger partial charge in [-0.1, -0.05) is 24.3 Å². The van der Waals surface area contributed by atoms with Gasteiger partial charge in [0.25, 0.3) is 0 Å². The molecule has 0 spiro atoms. The number of hydrogen-bond acceptors (Lipinski definition) is 4. The van der Waals surface area contributed by atoms with Gasteiger partial charge in [-0.2, -0.15) is 5.10 Å². The maximum atomic E-state index is 11.8. The number of methoxy groups -OCH3 is 1. The predicted octanol–water partition coefficient (Wildman–Crippen LogP) is 3.83. The monoisotopic (exact) mass is 323 g/mol. The summed E-state index contributed by atoms with van der Waals surface area (Å²) >= 11 is 0. The third-order valence-corrected chi connectivity index (χ3v) is 3.49. The lowest BCUT2D eigenvalue weighted by atomic mass is 10.1. The Morgan fingerprint density at radius 3 is 2.46 bits per heavy atom. The third-order valence-electron chi connectivity index (χ3n) is 3.49. The number of anilines is 1. The molecule has 0 aliphatic carbocycles. The minimum atomic E-state index is -0.498. The van der Waals surface area contributed by atoms with Gasteiger partial charge in [-0.15, -0.1) is 0 Å². The Kier molecular flexibility index (Phi) is 4.76. The van der Waals surface area contributed by atoms with E-state index < -0.39 is 6.09 Å². The quantitative estimate of drug-likeness (QED) is 0.748. The Balaban J connectivity index is 1.52. The van der Waals surface area contributed by atoms with Crippen molar-refractivity contribution in [1.82, 2.24) is 10.2 Å². The number of H-pyrrole nitrogens is 1. The Bertz CT molecular complexity index is 781. The summed E-state index contributed by atoms with van der Waals surface area (Å²) in [6.45, 7) is 0.197. The highest BCUT2D eigenvalue weighted by Crippen LogP contribution is 2.20. The summed E-state index contributed by atoms with van der Waals surface area (Å²) in [5, 5.41) is 9.38. The van der Waals surface area contributed by atoms with Crippen molar-refractivity contribution in [2.45, 2.75) is 6.61 Å². The van der Waals surface area contributed by atoms with Gasteiger partial charge < -0.3 is 9.47 Å². The van der Waals surface area contributed by atoms with Gasteiger partial charge in [0.2, 0.25) is 0 Å². The molecule has 2 N–H and O–H groups in total. The second-order valence-electron chi connectivity index (χ2n) is 5.11. The highest BCUT2D eigenvalue weighted by molar-refractivity contribution is 5.85. The first-order valence-corrected chi connectivity index (χ1v) is 7.40. The number of aromatic nitrogens is 2. The van der Waals surface area contributed by atoms with Gasteiger partial charge in [-0.3, -0.25) is 10.4 Å². The third kappa shape index (κ3) is 3.92. The van der Waals surface area contributed by atoms with Gasteiger partial charge in [0.15, 0.2) is 0 Å². The summed E-state index contributed by atoms with van der Waals surface area (Å²) in [6, 6.07) is 14.8. The molecule has 0 radical (unpaired) electrons. The van der Waals surface area contributed by atoms with Crippen LogP contribution in [0.5, 0.6) is 5.75 Å². The molecule has 0 bridgehead atoms. The van der Waals surface area contributed by atoms with E-state index >= 15 is 0 Å². The lowest BCUT2D eigenvalue weighted by Gasteiger charge is -2.08. The van der Waals surface area contributed by atoms with E-state index in [1.807, 2.05) is 54.7 Å². The van der Waals surface area contributed by atoms with Crippen molar-refractivity contribution in [3.63, 3.8) is 0 Å². The number of carbonyl (C=O) groups is 1. The fourth-order valence-electron chi connectivity index (χ4n) is 2.18. The van der Waals surface area contributed by atoms with Crippen molar-refractivity contribution >= 4 is 11.8 Å². The van der Waals surface area contributed by atoms with Crippen LogP contribution in [0, 0.1) is 0 Å². The van der Waals surface area contributed by atoms with Crippen LogP contribution in [-0.2, 0) is 11.3 Å². The van der Waals surface area contributed by atoms with Crippen LogP contribution in [-0.4, -0.2) is 23.4 Å². The number of hydrogen-bond donors (Lipinski definition) is 2. The minimum Gasteiger partial charge on any atom is -0.497 e. The van der Waals surface area contributed by atoms with E-state index in [2.05, 4.69) is 15.5 Å². The maximum Gasteiger partial charge on any atom is 0.411 e. The molecule has 0 aliphatic rings. The molecule has 122 valence electrons. The van der Waals surface area contributed by atoms with E-state index in [-0.39, 0.29) is 6.61 Å². The molecule has 1 amide bonds. The second-order valence-corrected chi connectivity index (χ2v) is 5.11. The normalized spacial score (nSPS) is 10.2. The number of rotatable bonds is 5. The SMILES string of the molecule is COc1ccc(COC(=O)Nc2ccc(-c3cn[nH]c3)cc2)cc1. The lowest BCUT2D eigenvalue weighted by Crippen LogP contribution is -2.13. The van der Waals surface area contributed by atoms with Crippen LogP contribution in [0.3, 0.4) is 0 Å². The Labute approximate surface area is 139 Å². The molecular weight excluding hydrogens is 306 g/mol. The Morgan fingerprint density at radius 1 is 1.08 bits per heavy atom. The van der Waals surface area contributed by atoms with Crippen LogP contribution < -0.4 is 10.1 Å². The largest absolute Gasteiger partial charge is 0.497 e. The van der Waals surface area contributed by atoms with Crippen LogP contribution in [0.25, 0.3) is 11.1 Å². The molecule has 0 saturated carbocycles. The molecule has 2 aromatic carbocycles. The first-order chi connectivity index (χ1) is 11.7. The molecule has 0 unspecified atom stereocenters. The number of ether oxygens (including phenoxy) is 2. The van der Waals surface area contributed by atoms with Crippen molar-refractivity contribution in [3.05, 3.63) is 66.5 Å². The summed E-state index contributed by atoms with van der Waals surface area (Å²) in [6.07, 6.45) is 3.05. The first-order valence-electron chi connectivity index (χ1n) is 7.40. The van der Waals surface area contributed by atoms with Crippen molar-refractivity contribution in [1.29, 1.82) is 0 Å². The van der Waals surface area contributed by atoms with Crippen molar-refractivity contribution < 1.29 is 14.3 Å². The van der Waals surface area contributed by atoms with E-state index in [0.29, 0.717) is 5.69 Å². The van der Waals surface area contributed by atoms with E-state index in [1.54, 1.807) is 13.3 Å². The number of nitrogens with zero attached hydrogens (tertiary/aromatic N) is 1. The van der Waals surface area contributed by atoms with E-state index in [4.69, 9.17) is 9.47 Å². The van der Waals surface area contributed by atoms with Crippen LogP contribution in [0.15, 0.2) is 60.9 Å². The van der Waals surface area contributed by atoms with Gasteiger partial charge >= 0.3 is 6.09 Å². The van der Waals surface area contributed by atoms with Gasteiger partial charge in [0.1, 0.15) is 12.4 Å². The van der Waals surface area contributed by atoms with E-state index in [1.165, 1.54) is 0 Å². The van der Waals surface area contributed by atoms with Crippen LogP contribution in [0.2, 0.25) is 0 Å². The highest BCUT2D eigenvalue weighted by atomic mass is 16.5. The van der Waals surface area contributed by atoms with Crippen molar-refractivity contribution in [3.8, 4) is 16.9 Å². The number of carbonyl (C=O) groups excluding carboxylic acids is 1. The fraction of sp³-hybridized carbons (Fsp3) is 0.111. The summed E-state index contributed by atoms with van der Waals surface area (Å²) < 4.78 is 10.3. The smallest absolute Gasteiger partial charge is 0.411 e.